The van der Waals surface area contributed by atoms with Gasteiger partial charge in [-0.25, -0.2) is 0 Å². The molecule has 0 bridgehead atoms. The molecular weight excluding hydrogens is 579 g/mol. The Hall–Kier alpha value is -0.378. The molecule has 0 spiro atoms. The van der Waals surface area contributed by atoms with Crippen LogP contribution in [0.15, 0.2) is 24.3 Å². The number of phenols is 6. The Labute approximate surface area is 233 Å². The minimum atomic E-state index is -1.54. The number of hydrogen-bond acceptors (Lipinski definition) is 10. The second kappa shape index (κ2) is 13.7. The first-order valence-electron chi connectivity index (χ1n) is 5.97. The van der Waals surface area contributed by atoms with Crippen LogP contribution in [-0.4, -0.2) is 111 Å². The number of hydrogen-bond donors (Lipinski definition) is 6. The van der Waals surface area contributed by atoms with E-state index in [0.29, 0.717) is 0 Å². The first-order chi connectivity index (χ1) is 11.0. The molecule has 6 N–H and O–H groups in total. The summed E-state index contributed by atoms with van der Waals surface area (Å²) in [5, 5.41) is 73.3. The van der Waals surface area contributed by atoms with Crippen LogP contribution in [0, 0.1) is 35.6 Å². The van der Waals surface area contributed by atoms with E-state index in [-0.39, 0.29) is 104 Å². The van der Waals surface area contributed by atoms with Crippen molar-refractivity contribution in [2.75, 3.05) is 0 Å². The Morgan fingerprint density at radius 2 is 0.815 bits per heavy atom. The maximum atomic E-state index is 10.2. The van der Waals surface area contributed by atoms with Gasteiger partial charge >= 0.3 is 68.5 Å². The average Bonchev–Trinajstić information content (AvgIpc) is 2.49. The van der Waals surface area contributed by atoms with Gasteiger partial charge in [0, 0.05) is 46.7 Å². The van der Waals surface area contributed by atoms with Crippen LogP contribution < -0.4 is 10.2 Å². The van der Waals surface area contributed by atoms with E-state index in [1.165, 1.54) is 0 Å². The SMILES string of the molecule is O=C([O-])c1cc(O)c(O)c(O)c1.O=C([O-])c1cc(O)c(O)c(O)c1.[La].[Mg+2].[SrH2]. The topological polar surface area (TPSA) is 202 Å². The molecule has 13 heteroatoms. The number of carbonyl (C=O) groups excluding carboxylic acids is 2. The summed E-state index contributed by atoms with van der Waals surface area (Å²) in [5.41, 5.74) is -0.800. The van der Waals surface area contributed by atoms with Gasteiger partial charge in [0.1, 0.15) is 0 Å². The zero-order chi connectivity index (χ0) is 18.6. The van der Waals surface area contributed by atoms with Crippen molar-refractivity contribution < 1.29 is 86.0 Å². The number of benzene rings is 2. The fourth-order valence-corrected chi connectivity index (χ4v) is 1.44. The van der Waals surface area contributed by atoms with E-state index in [4.69, 9.17) is 30.6 Å². The summed E-state index contributed by atoms with van der Waals surface area (Å²) < 4.78 is 0. The molecule has 10 nitrogen and oxygen atoms in total. The number of carboxylic acid groups (broad SMARTS) is 2. The van der Waals surface area contributed by atoms with Gasteiger partial charge in [-0.15, -0.1) is 0 Å². The maximum absolute atomic E-state index is 10.2. The van der Waals surface area contributed by atoms with E-state index >= 15 is 0 Å². The van der Waals surface area contributed by atoms with Gasteiger partial charge in [0.25, 0.3) is 0 Å². The molecule has 2 aromatic carbocycles. The molecule has 0 atom stereocenters. The van der Waals surface area contributed by atoms with E-state index in [0.717, 1.165) is 24.3 Å². The molecule has 0 aliphatic carbocycles. The molecule has 0 aromatic heterocycles. The van der Waals surface area contributed by atoms with Crippen molar-refractivity contribution in [1.82, 2.24) is 0 Å². The number of aromatic carboxylic acids is 2. The molecule has 0 aliphatic heterocycles. The van der Waals surface area contributed by atoms with Crippen molar-refractivity contribution in [3.05, 3.63) is 35.4 Å². The van der Waals surface area contributed by atoms with Crippen molar-refractivity contribution in [2.45, 2.75) is 0 Å². The quantitative estimate of drug-likeness (QED) is 0.155. The Bertz CT molecular complexity index is 701. The minimum absolute atomic E-state index is 0. The molecule has 1 radical (unpaired) electrons. The zero-order valence-electron chi connectivity index (χ0n) is 12.9. The van der Waals surface area contributed by atoms with Gasteiger partial charge in [0.2, 0.25) is 0 Å². The van der Waals surface area contributed by atoms with Gasteiger partial charge in [-0.1, -0.05) is 0 Å². The predicted molar refractivity (Wildman–Crippen MR) is 85.8 cm³/mol. The molecule has 2 rings (SSSR count). The Morgan fingerprint density at radius 3 is 0.963 bits per heavy atom. The molecule has 0 aliphatic rings. The Morgan fingerprint density at radius 1 is 0.630 bits per heavy atom. The zero-order valence-corrected chi connectivity index (χ0v) is 18.0. The summed E-state index contributed by atoms with van der Waals surface area (Å²) in [4.78, 5) is 20.4. The first-order valence-corrected chi connectivity index (χ1v) is 5.97. The van der Waals surface area contributed by atoms with Crippen molar-refractivity contribution >= 4 is 80.5 Å². The van der Waals surface area contributed by atoms with Crippen molar-refractivity contribution in [1.29, 1.82) is 0 Å². The van der Waals surface area contributed by atoms with Crippen LogP contribution in [0.4, 0.5) is 0 Å². The molecule has 0 saturated heterocycles. The summed E-state index contributed by atoms with van der Waals surface area (Å²) >= 11 is 0. The van der Waals surface area contributed by atoms with Gasteiger partial charge < -0.3 is 50.4 Å². The number of aromatic hydroxyl groups is 6. The van der Waals surface area contributed by atoms with E-state index in [1.54, 1.807) is 0 Å². The van der Waals surface area contributed by atoms with Gasteiger partial charge in [0.05, 0.1) is 11.9 Å². The van der Waals surface area contributed by atoms with Crippen molar-refractivity contribution in [2.24, 2.45) is 0 Å². The Kier molecular flexibility index (Phi) is 15.9. The average molecular weight is 591 g/mol. The normalized spacial score (nSPS) is 8.59. The summed E-state index contributed by atoms with van der Waals surface area (Å²) in [5.74, 6) is -7.38. The fourth-order valence-electron chi connectivity index (χ4n) is 1.44. The molecular formula is C14H12LaMgO10Sr. The molecule has 0 amide bonds. The third kappa shape index (κ3) is 9.11. The Balaban J connectivity index is -0.000000384. The summed E-state index contributed by atoms with van der Waals surface area (Å²) in [6, 6.07) is 3.13. The number of phenolic OH excluding ortho intramolecular Hbond substituents is 6. The van der Waals surface area contributed by atoms with E-state index < -0.39 is 57.6 Å². The van der Waals surface area contributed by atoms with Crippen molar-refractivity contribution in [3.63, 3.8) is 0 Å². The van der Waals surface area contributed by atoms with Gasteiger partial charge in [-0.3, -0.25) is 0 Å². The van der Waals surface area contributed by atoms with Crippen LogP contribution in [0.2, 0.25) is 0 Å². The van der Waals surface area contributed by atoms with E-state index in [2.05, 4.69) is 0 Å². The monoisotopic (exact) mass is 591 g/mol. The van der Waals surface area contributed by atoms with E-state index in [9.17, 15) is 19.8 Å². The third-order valence-corrected chi connectivity index (χ3v) is 2.61. The number of rotatable bonds is 2. The third-order valence-electron chi connectivity index (χ3n) is 2.61. The molecule has 27 heavy (non-hydrogen) atoms. The van der Waals surface area contributed by atoms with E-state index in [1.807, 2.05) is 0 Å². The predicted octanol–water partition coefficient (Wildman–Crippen LogP) is -2.96. The van der Waals surface area contributed by atoms with Gasteiger partial charge in [0.15, 0.2) is 34.5 Å². The van der Waals surface area contributed by atoms with Crippen LogP contribution in [0.5, 0.6) is 34.5 Å². The molecule has 0 saturated carbocycles. The fraction of sp³-hybridized carbons (Fsp3) is 0. The number of carboxylic acids is 2. The first kappa shape index (κ1) is 31.3. The second-order valence-electron chi connectivity index (χ2n) is 4.30. The molecule has 0 fully saturated rings. The van der Waals surface area contributed by atoms with Crippen LogP contribution >= 0.6 is 0 Å². The van der Waals surface area contributed by atoms with Crippen LogP contribution in [0.1, 0.15) is 20.7 Å². The van der Waals surface area contributed by atoms with Crippen LogP contribution in [0.25, 0.3) is 0 Å². The van der Waals surface area contributed by atoms with Gasteiger partial charge in [-0.05, 0) is 24.3 Å². The molecule has 0 unspecified atom stereocenters. The van der Waals surface area contributed by atoms with Crippen LogP contribution in [0.3, 0.4) is 0 Å². The molecule has 135 valence electrons. The summed E-state index contributed by atoms with van der Waals surface area (Å²) in [7, 11) is 0. The summed E-state index contributed by atoms with van der Waals surface area (Å²) in [6.07, 6.45) is 0. The molecule has 2 aromatic rings. The molecule has 0 heterocycles. The summed E-state index contributed by atoms with van der Waals surface area (Å²) in [6.45, 7) is 0. The standard InChI is InChI=1S/2C7H6O5.La.Mg.Sr.2H/c2*8-4-1-3(7(11)12)2-5(9)6(4)10;;;;;/h2*1-2,8-10H,(H,11,12);;;;;/q;;;+2;;;/p-2. The van der Waals surface area contributed by atoms with Gasteiger partial charge in [-0.2, -0.15) is 0 Å². The van der Waals surface area contributed by atoms with Crippen LogP contribution in [-0.2, 0) is 0 Å². The second-order valence-corrected chi connectivity index (χ2v) is 4.30. The number of carbonyl (C=O) groups is 2. The van der Waals surface area contributed by atoms with Crippen molar-refractivity contribution in [3.8, 4) is 34.5 Å².